The van der Waals surface area contributed by atoms with Crippen LogP contribution in [0.1, 0.15) is 0 Å². The van der Waals surface area contributed by atoms with Crippen LogP contribution in [0.4, 0.5) is 20.2 Å². The molecule has 0 aliphatic rings. The second kappa shape index (κ2) is 8.55. The molecule has 0 aliphatic heterocycles. The van der Waals surface area contributed by atoms with Crippen molar-refractivity contribution in [2.24, 2.45) is 0 Å². The number of anilines is 2. The molecule has 0 heterocycles. The number of carbonyl (C=O) groups excluding carboxylic acids is 2. The average Bonchev–Trinajstić information content (AvgIpc) is 2.52. The SMILES string of the molecule is C[NH+](CC(=O)Nc1ccc(Cl)cc1)CC(=O)Nc1cc(F)ccc1F. The van der Waals surface area contributed by atoms with Gasteiger partial charge in [-0.05, 0) is 36.4 Å². The van der Waals surface area contributed by atoms with Crippen molar-refractivity contribution in [2.45, 2.75) is 0 Å². The van der Waals surface area contributed by atoms with Gasteiger partial charge in [0.05, 0.1) is 12.7 Å². The molecular weight excluding hydrogens is 352 g/mol. The van der Waals surface area contributed by atoms with E-state index >= 15 is 0 Å². The maximum absolute atomic E-state index is 13.5. The monoisotopic (exact) mass is 368 g/mol. The molecule has 5 nitrogen and oxygen atoms in total. The molecular formula is C17H17ClF2N3O2+. The summed E-state index contributed by atoms with van der Waals surface area (Å²) in [5.74, 6) is -2.20. The first-order chi connectivity index (χ1) is 11.8. The maximum atomic E-state index is 13.5. The molecule has 0 aliphatic carbocycles. The lowest BCUT2D eigenvalue weighted by Crippen LogP contribution is -3.11. The minimum Gasteiger partial charge on any atom is -0.322 e. The summed E-state index contributed by atoms with van der Waals surface area (Å²) in [7, 11) is 1.64. The van der Waals surface area contributed by atoms with Crippen LogP contribution in [0.15, 0.2) is 42.5 Å². The molecule has 2 amide bonds. The topological polar surface area (TPSA) is 62.6 Å². The van der Waals surface area contributed by atoms with Crippen LogP contribution < -0.4 is 15.5 Å². The highest BCUT2D eigenvalue weighted by molar-refractivity contribution is 6.30. The number of halogens is 3. The Balaban J connectivity index is 1.83. The van der Waals surface area contributed by atoms with E-state index in [2.05, 4.69) is 10.6 Å². The number of benzene rings is 2. The summed E-state index contributed by atoms with van der Waals surface area (Å²) in [6, 6.07) is 9.41. The normalized spacial score (nSPS) is 11.7. The highest BCUT2D eigenvalue weighted by Crippen LogP contribution is 2.15. The Labute approximate surface area is 148 Å². The molecule has 2 aromatic rings. The van der Waals surface area contributed by atoms with Crippen LogP contribution in [0.5, 0.6) is 0 Å². The fraction of sp³-hybridized carbons (Fsp3) is 0.176. The van der Waals surface area contributed by atoms with Crippen LogP contribution in [-0.4, -0.2) is 32.0 Å². The average molecular weight is 369 g/mol. The molecule has 0 saturated heterocycles. The Morgan fingerprint density at radius 2 is 1.60 bits per heavy atom. The van der Waals surface area contributed by atoms with E-state index in [9.17, 15) is 18.4 Å². The van der Waals surface area contributed by atoms with Crippen LogP contribution in [0.25, 0.3) is 0 Å². The molecule has 0 radical (unpaired) electrons. The van der Waals surface area contributed by atoms with Crippen molar-refractivity contribution >= 4 is 34.8 Å². The molecule has 1 atom stereocenters. The summed E-state index contributed by atoms with van der Waals surface area (Å²) in [5, 5.41) is 5.53. The fourth-order valence-corrected chi connectivity index (χ4v) is 2.26. The van der Waals surface area contributed by atoms with E-state index in [4.69, 9.17) is 11.6 Å². The van der Waals surface area contributed by atoms with E-state index in [1.54, 1.807) is 31.3 Å². The zero-order chi connectivity index (χ0) is 18.4. The van der Waals surface area contributed by atoms with Gasteiger partial charge in [-0.3, -0.25) is 9.59 Å². The fourth-order valence-electron chi connectivity index (χ4n) is 2.14. The lowest BCUT2D eigenvalue weighted by molar-refractivity contribution is -0.862. The van der Waals surface area contributed by atoms with Gasteiger partial charge in [-0.2, -0.15) is 0 Å². The lowest BCUT2D eigenvalue weighted by atomic mass is 10.3. The van der Waals surface area contributed by atoms with Crippen LogP contribution in [0, 0.1) is 11.6 Å². The molecule has 25 heavy (non-hydrogen) atoms. The number of carbonyl (C=O) groups is 2. The van der Waals surface area contributed by atoms with Gasteiger partial charge in [0.15, 0.2) is 13.1 Å². The zero-order valence-electron chi connectivity index (χ0n) is 13.4. The van der Waals surface area contributed by atoms with Gasteiger partial charge in [0.1, 0.15) is 11.6 Å². The van der Waals surface area contributed by atoms with E-state index in [-0.39, 0.29) is 24.7 Å². The minimum atomic E-state index is -0.729. The standard InChI is InChI=1S/C17H16ClF2N3O2/c1-23(9-16(24)21-13-5-2-11(18)3-6-13)10-17(25)22-15-8-12(19)4-7-14(15)20/h2-8H,9-10H2,1H3,(H,21,24)(H,22,25)/p+1. The van der Waals surface area contributed by atoms with Crippen molar-refractivity contribution in [1.29, 1.82) is 0 Å². The minimum absolute atomic E-state index is 0.0294. The van der Waals surface area contributed by atoms with E-state index in [0.29, 0.717) is 15.6 Å². The first-order valence-corrected chi connectivity index (χ1v) is 7.83. The van der Waals surface area contributed by atoms with Gasteiger partial charge >= 0.3 is 0 Å². The molecule has 0 bridgehead atoms. The van der Waals surface area contributed by atoms with Crippen LogP contribution in [0.2, 0.25) is 5.02 Å². The second-order valence-corrected chi connectivity index (χ2v) is 5.97. The molecule has 2 aromatic carbocycles. The third-order valence-electron chi connectivity index (χ3n) is 3.26. The molecule has 0 aromatic heterocycles. The molecule has 132 valence electrons. The van der Waals surface area contributed by atoms with Crippen molar-refractivity contribution in [2.75, 3.05) is 30.8 Å². The Kier molecular flexibility index (Phi) is 6.44. The Morgan fingerprint density at radius 1 is 1.00 bits per heavy atom. The number of hydrogen-bond donors (Lipinski definition) is 3. The number of hydrogen-bond acceptors (Lipinski definition) is 2. The van der Waals surface area contributed by atoms with Crippen molar-refractivity contribution in [3.05, 3.63) is 59.1 Å². The third kappa shape index (κ3) is 6.13. The summed E-state index contributed by atoms with van der Waals surface area (Å²) in [5.41, 5.74) is 0.358. The molecule has 0 spiro atoms. The molecule has 0 saturated carbocycles. The van der Waals surface area contributed by atoms with Crippen LogP contribution in [0.3, 0.4) is 0 Å². The smallest absolute Gasteiger partial charge is 0.279 e. The molecule has 8 heteroatoms. The Bertz CT molecular complexity index is 769. The Morgan fingerprint density at radius 3 is 2.24 bits per heavy atom. The van der Waals surface area contributed by atoms with Gasteiger partial charge in [0.25, 0.3) is 11.8 Å². The van der Waals surface area contributed by atoms with Gasteiger partial charge in [0, 0.05) is 16.8 Å². The van der Waals surface area contributed by atoms with Crippen LogP contribution in [-0.2, 0) is 9.59 Å². The predicted octanol–water partition coefficient (Wildman–Crippen LogP) is 1.71. The largest absolute Gasteiger partial charge is 0.322 e. The number of nitrogens with one attached hydrogen (secondary N) is 3. The summed E-state index contributed by atoms with van der Waals surface area (Å²) in [4.78, 5) is 24.4. The highest BCUT2D eigenvalue weighted by atomic mass is 35.5. The van der Waals surface area contributed by atoms with Crippen molar-refractivity contribution in [3.63, 3.8) is 0 Å². The number of quaternary nitrogens is 1. The molecule has 2 rings (SSSR count). The predicted molar refractivity (Wildman–Crippen MR) is 91.7 cm³/mol. The number of amides is 2. The maximum Gasteiger partial charge on any atom is 0.279 e. The summed E-state index contributed by atoms with van der Waals surface area (Å²) >= 11 is 5.77. The molecule has 1 unspecified atom stereocenters. The van der Waals surface area contributed by atoms with Gasteiger partial charge < -0.3 is 15.5 Å². The summed E-state index contributed by atoms with van der Waals surface area (Å²) in [6.07, 6.45) is 0. The van der Waals surface area contributed by atoms with Gasteiger partial charge in [0.2, 0.25) is 0 Å². The van der Waals surface area contributed by atoms with E-state index in [1.807, 2.05) is 0 Å². The number of likely N-dealkylation sites (N-methyl/N-ethyl adjacent to an activating group) is 1. The first kappa shape index (κ1) is 18.8. The number of rotatable bonds is 6. The second-order valence-electron chi connectivity index (χ2n) is 5.54. The third-order valence-corrected chi connectivity index (χ3v) is 3.51. The molecule has 3 N–H and O–H groups in total. The van der Waals surface area contributed by atoms with Gasteiger partial charge in [-0.1, -0.05) is 11.6 Å². The van der Waals surface area contributed by atoms with Gasteiger partial charge in [-0.25, -0.2) is 8.78 Å². The first-order valence-electron chi connectivity index (χ1n) is 7.45. The highest BCUT2D eigenvalue weighted by Gasteiger charge is 2.16. The summed E-state index contributed by atoms with van der Waals surface area (Å²) in [6.45, 7) is -0.0499. The van der Waals surface area contributed by atoms with E-state index < -0.39 is 17.5 Å². The molecule has 0 fully saturated rings. The van der Waals surface area contributed by atoms with E-state index in [1.165, 1.54) is 0 Å². The van der Waals surface area contributed by atoms with Crippen molar-refractivity contribution in [1.82, 2.24) is 0 Å². The van der Waals surface area contributed by atoms with Crippen molar-refractivity contribution in [3.8, 4) is 0 Å². The van der Waals surface area contributed by atoms with Crippen LogP contribution >= 0.6 is 11.6 Å². The quantitative estimate of drug-likeness (QED) is 0.727. The van der Waals surface area contributed by atoms with E-state index in [0.717, 1.165) is 18.2 Å². The Hall–Kier alpha value is -2.51. The summed E-state index contributed by atoms with van der Waals surface area (Å²) < 4.78 is 26.6. The zero-order valence-corrected chi connectivity index (χ0v) is 14.2. The lowest BCUT2D eigenvalue weighted by Gasteiger charge is -2.14. The van der Waals surface area contributed by atoms with Crippen molar-refractivity contribution < 1.29 is 23.3 Å². The van der Waals surface area contributed by atoms with Gasteiger partial charge in [-0.15, -0.1) is 0 Å².